The average molecular weight is 464 g/mol. The van der Waals surface area contributed by atoms with Crippen LogP contribution >= 0.6 is 0 Å². The third-order valence-electron chi connectivity index (χ3n) is 6.33. The topological polar surface area (TPSA) is 103 Å². The fourth-order valence-electron chi connectivity index (χ4n) is 4.30. The van der Waals surface area contributed by atoms with Crippen LogP contribution in [-0.2, 0) is 28.0 Å². The molecule has 2 aromatic rings. The van der Waals surface area contributed by atoms with Crippen molar-refractivity contribution in [1.82, 2.24) is 4.90 Å². The third-order valence-corrected chi connectivity index (χ3v) is 6.33. The Hall–Kier alpha value is -3.53. The van der Waals surface area contributed by atoms with Gasteiger partial charge in [0, 0.05) is 24.3 Å². The number of carboxylic acids is 1. The van der Waals surface area contributed by atoms with Crippen LogP contribution in [0.5, 0.6) is 5.75 Å². The molecule has 1 heterocycles. The maximum absolute atomic E-state index is 12.7. The highest BCUT2D eigenvalue weighted by Gasteiger charge is 2.39. The summed E-state index contributed by atoms with van der Waals surface area (Å²) in [6.45, 7) is 7.04. The molecule has 180 valence electrons. The van der Waals surface area contributed by atoms with Crippen molar-refractivity contribution in [3.8, 4) is 11.8 Å². The van der Waals surface area contributed by atoms with Gasteiger partial charge in [0.2, 0.25) is 0 Å². The number of carbonyl (C=O) groups excluding carboxylic acids is 1. The SMILES string of the molecule is CCCc1cc(CC)cc(C(C)(Nc2ccc(C#N)cc2)C(=O)O)c1OCC(=O)N1CCCC1. The number of amides is 1. The van der Waals surface area contributed by atoms with Crippen LogP contribution in [0.3, 0.4) is 0 Å². The molecule has 1 fully saturated rings. The van der Waals surface area contributed by atoms with E-state index in [0.717, 1.165) is 49.9 Å². The van der Waals surface area contributed by atoms with Gasteiger partial charge in [-0.25, -0.2) is 4.79 Å². The van der Waals surface area contributed by atoms with Crippen LogP contribution < -0.4 is 10.1 Å². The highest BCUT2D eigenvalue weighted by molar-refractivity contribution is 5.86. The van der Waals surface area contributed by atoms with Gasteiger partial charge < -0.3 is 20.1 Å². The molecule has 1 atom stereocenters. The molecular weight excluding hydrogens is 430 g/mol. The van der Waals surface area contributed by atoms with Gasteiger partial charge in [0.25, 0.3) is 5.91 Å². The van der Waals surface area contributed by atoms with E-state index in [-0.39, 0.29) is 12.5 Å². The number of hydrogen-bond donors (Lipinski definition) is 2. The minimum Gasteiger partial charge on any atom is -0.483 e. The molecule has 7 heteroatoms. The monoisotopic (exact) mass is 463 g/mol. The molecule has 0 spiro atoms. The van der Waals surface area contributed by atoms with Crippen LogP contribution in [0.15, 0.2) is 36.4 Å². The zero-order valence-corrected chi connectivity index (χ0v) is 20.2. The third kappa shape index (κ3) is 5.51. The number of nitrogens with zero attached hydrogens (tertiary/aromatic N) is 2. The van der Waals surface area contributed by atoms with Gasteiger partial charge in [0.05, 0.1) is 11.6 Å². The average Bonchev–Trinajstić information content (AvgIpc) is 3.38. The Morgan fingerprint density at radius 1 is 1.18 bits per heavy atom. The summed E-state index contributed by atoms with van der Waals surface area (Å²) in [5.74, 6) is -0.691. The molecule has 0 aliphatic carbocycles. The van der Waals surface area contributed by atoms with Crippen molar-refractivity contribution >= 4 is 17.6 Å². The summed E-state index contributed by atoms with van der Waals surface area (Å²) in [5, 5.41) is 22.6. The first-order valence-corrected chi connectivity index (χ1v) is 11.9. The molecule has 1 aliphatic heterocycles. The van der Waals surface area contributed by atoms with Crippen molar-refractivity contribution in [1.29, 1.82) is 5.26 Å². The molecule has 0 aromatic heterocycles. The van der Waals surface area contributed by atoms with E-state index < -0.39 is 11.5 Å². The predicted octanol–water partition coefficient (Wildman–Crippen LogP) is 4.49. The minimum atomic E-state index is -1.52. The number of nitrogens with one attached hydrogen (secondary N) is 1. The second-order valence-electron chi connectivity index (χ2n) is 8.86. The lowest BCUT2D eigenvalue weighted by Crippen LogP contribution is -2.41. The van der Waals surface area contributed by atoms with E-state index >= 15 is 0 Å². The Morgan fingerprint density at radius 2 is 1.85 bits per heavy atom. The van der Waals surface area contributed by atoms with Gasteiger partial charge in [-0.3, -0.25) is 4.79 Å². The largest absolute Gasteiger partial charge is 0.483 e. The lowest BCUT2D eigenvalue weighted by atomic mass is 9.86. The molecule has 34 heavy (non-hydrogen) atoms. The second-order valence-corrected chi connectivity index (χ2v) is 8.86. The Labute approximate surface area is 201 Å². The number of carboxylic acid groups (broad SMARTS) is 1. The summed E-state index contributed by atoms with van der Waals surface area (Å²) < 4.78 is 6.13. The Bertz CT molecular complexity index is 1070. The Kier molecular flexibility index (Phi) is 8.17. The first kappa shape index (κ1) is 25.1. The number of likely N-dealkylation sites (tertiary alicyclic amines) is 1. The maximum atomic E-state index is 12.7. The molecule has 0 saturated carbocycles. The molecule has 0 radical (unpaired) electrons. The molecule has 1 aliphatic rings. The number of nitriles is 1. The van der Waals surface area contributed by atoms with Gasteiger partial charge in [-0.1, -0.05) is 26.3 Å². The Morgan fingerprint density at radius 3 is 2.41 bits per heavy atom. The molecule has 2 N–H and O–H groups in total. The predicted molar refractivity (Wildman–Crippen MR) is 131 cm³/mol. The first-order chi connectivity index (χ1) is 16.3. The highest BCUT2D eigenvalue weighted by atomic mass is 16.5. The van der Waals surface area contributed by atoms with E-state index in [0.29, 0.717) is 29.0 Å². The van der Waals surface area contributed by atoms with E-state index in [1.165, 1.54) is 0 Å². The molecule has 0 bridgehead atoms. The number of ether oxygens (including phenoxy) is 1. The summed E-state index contributed by atoms with van der Waals surface area (Å²) in [6.07, 6.45) is 4.30. The number of aliphatic carboxylic acids is 1. The zero-order chi connectivity index (χ0) is 24.7. The van der Waals surface area contributed by atoms with Crippen LogP contribution in [0.25, 0.3) is 0 Å². The summed E-state index contributed by atoms with van der Waals surface area (Å²) >= 11 is 0. The summed E-state index contributed by atoms with van der Waals surface area (Å²) in [5.41, 5.74) is 1.94. The molecule has 1 unspecified atom stereocenters. The van der Waals surface area contributed by atoms with Crippen LogP contribution in [0, 0.1) is 11.3 Å². The lowest BCUT2D eigenvalue weighted by molar-refractivity contribution is -0.142. The fourth-order valence-corrected chi connectivity index (χ4v) is 4.30. The van der Waals surface area contributed by atoms with Crippen LogP contribution in [0.4, 0.5) is 5.69 Å². The molecule has 2 aromatic carbocycles. The number of carbonyl (C=O) groups is 2. The number of aryl methyl sites for hydroxylation is 2. The lowest BCUT2D eigenvalue weighted by Gasteiger charge is -2.31. The molecule has 1 saturated heterocycles. The smallest absolute Gasteiger partial charge is 0.333 e. The summed E-state index contributed by atoms with van der Waals surface area (Å²) in [4.78, 5) is 27.2. The van der Waals surface area contributed by atoms with Gasteiger partial charge in [-0.2, -0.15) is 5.26 Å². The molecule has 3 rings (SSSR count). The number of hydrogen-bond acceptors (Lipinski definition) is 5. The molecule has 7 nitrogen and oxygen atoms in total. The number of rotatable bonds is 10. The van der Waals surface area contributed by atoms with E-state index in [1.807, 2.05) is 19.1 Å². The van der Waals surface area contributed by atoms with Crippen LogP contribution in [0.2, 0.25) is 0 Å². The van der Waals surface area contributed by atoms with Gasteiger partial charge >= 0.3 is 5.97 Å². The number of anilines is 1. The minimum absolute atomic E-state index is 0.0810. The van der Waals surface area contributed by atoms with E-state index in [4.69, 9.17) is 10.00 Å². The van der Waals surface area contributed by atoms with Crippen molar-refractivity contribution in [3.63, 3.8) is 0 Å². The quantitative estimate of drug-likeness (QED) is 0.538. The van der Waals surface area contributed by atoms with E-state index in [1.54, 1.807) is 36.1 Å². The van der Waals surface area contributed by atoms with E-state index in [2.05, 4.69) is 18.3 Å². The summed E-state index contributed by atoms with van der Waals surface area (Å²) in [6, 6.07) is 12.6. The fraction of sp³-hybridized carbons (Fsp3) is 0.444. The highest BCUT2D eigenvalue weighted by Crippen LogP contribution is 2.38. The second kappa shape index (κ2) is 11.1. The number of benzene rings is 2. The van der Waals surface area contributed by atoms with Gasteiger partial charge in [-0.05, 0) is 74.1 Å². The normalized spacial score (nSPS) is 14.8. The van der Waals surface area contributed by atoms with Crippen molar-refractivity contribution in [3.05, 3.63) is 58.7 Å². The standard InChI is InChI=1S/C27H33N3O4/c1-4-8-21-15-19(5-2)16-23(25(21)34-18-24(31)30-13-6-7-14-30)27(3,26(32)33)29-22-11-9-20(17-28)10-12-22/h9-12,15-16,29H,4-8,13-14,18H2,1-3H3,(H,32,33). The van der Waals surface area contributed by atoms with Gasteiger partial charge in [0.15, 0.2) is 12.1 Å². The van der Waals surface area contributed by atoms with Crippen molar-refractivity contribution in [2.75, 3.05) is 25.0 Å². The van der Waals surface area contributed by atoms with Crippen molar-refractivity contribution < 1.29 is 19.4 Å². The molecule has 1 amide bonds. The first-order valence-electron chi connectivity index (χ1n) is 11.9. The van der Waals surface area contributed by atoms with Crippen LogP contribution in [0.1, 0.15) is 62.3 Å². The van der Waals surface area contributed by atoms with E-state index in [9.17, 15) is 14.7 Å². The summed E-state index contributed by atoms with van der Waals surface area (Å²) in [7, 11) is 0. The zero-order valence-electron chi connectivity index (χ0n) is 20.2. The molecular formula is C27H33N3O4. The van der Waals surface area contributed by atoms with Gasteiger partial charge in [-0.15, -0.1) is 0 Å². The Balaban J connectivity index is 2.04. The van der Waals surface area contributed by atoms with Crippen molar-refractivity contribution in [2.45, 2.75) is 58.4 Å². The van der Waals surface area contributed by atoms with Gasteiger partial charge in [0.1, 0.15) is 5.75 Å². The maximum Gasteiger partial charge on any atom is 0.333 e. The van der Waals surface area contributed by atoms with Crippen LogP contribution in [-0.4, -0.2) is 41.6 Å². The van der Waals surface area contributed by atoms with Crippen molar-refractivity contribution in [2.24, 2.45) is 0 Å².